The number of nitrogens with one attached hydrogen (secondary N) is 3. The highest BCUT2D eigenvalue weighted by molar-refractivity contribution is 6.31. The largest absolute Gasteiger partial charge is 0.484 e. The zero-order valence-electron chi connectivity index (χ0n) is 21.3. The molecule has 0 saturated heterocycles. The number of carbonyl (C=O) groups is 3. The Morgan fingerprint density at radius 2 is 1.62 bits per heavy atom. The van der Waals surface area contributed by atoms with Crippen molar-refractivity contribution in [3.8, 4) is 5.75 Å². The number of carbonyl (C=O) groups excluding carboxylic acids is 3. The molecule has 0 heterocycles. The van der Waals surface area contributed by atoms with E-state index in [0.29, 0.717) is 28.4 Å². The Balaban J connectivity index is 1.35. The maximum atomic E-state index is 12.8. The molecule has 0 spiro atoms. The number of alkyl halides is 3. The van der Waals surface area contributed by atoms with E-state index in [2.05, 4.69) is 21.2 Å². The first kappa shape index (κ1) is 30.2. The van der Waals surface area contributed by atoms with Gasteiger partial charge in [0.15, 0.2) is 6.61 Å². The zero-order chi connectivity index (χ0) is 29.1. The molecule has 0 bridgehead atoms. The summed E-state index contributed by atoms with van der Waals surface area (Å²) in [6.45, 7) is 1.40. The molecule has 0 atom stereocenters. The molecule has 0 aliphatic carbocycles. The van der Waals surface area contributed by atoms with E-state index in [1.807, 2.05) is 0 Å². The molecule has 0 aliphatic rings. The van der Waals surface area contributed by atoms with E-state index in [0.717, 1.165) is 17.7 Å². The summed E-state index contributed by atoms with van der Waals surface area (Å²) in [6.07, 6.45) is -2.50. The lowest BCUT2D eigenvalue weighted by Gasteiger charge is -2.10. The summed E-state index contributed by atoms with van der Waals surface area (Å²) >= 11 is 6.04. The molecule has 8 nitrogen and oxygen atoms in total. The van der Waals surface area contributed by atoms with Crippen LogP contribution in [0.2, 0.25) is 5.02 Å². The van der Waals surface area contributed by atoms with Crippen molar-refractivity contribution in [2.45, 2.75) is 32.4 Å². The predicted molar refractivity (Wildman–Crippen MR) is 146 cm³/mol. The second-order valence-corrected chi connectivity index (χ2v) is 9.00. The predicted octanol–water partition coefficient (Wildman–Crippen LogP) is 5.94. The van der Waals surface area contributed by atoms with E-state index >= 15 is 0 Å². The summed E-state index contributed by atoms with van der Waals surface area (Å²) in [5, 5.41) is 9.56. The fraction of sp³-hybridized carbons (Fsp3) is 0.214. The molecule has 210 valence electrons. The Kier molecular flexibility index (Phi) is 10.7. The molecule has 0 saturated carbocycles. The van der Waals surface area contributed by atoms with Crippen LogP contribution in [0.15, 0.2) is 71.8 Å². The van der Waals surface area contributed by atoms with E-state index in [1.165, 1.54) is 18.3 Å². The molecule has 3 amide bonds. The maximum absolute atomic E-state index is 12.8. The summed E-state index contributed by atoms with van der Waals surface area (Å²) in [5.74, 6) is -0.844. The van der Waals surface area contributed by atoms with E-state index in [9.17, 15) is 27.6 Å². The first-order chi connectivity index (χ1) is 19.0. The van der Waals surface area contributed by atoms with Gasteiger partial charge in [0.05, 0.1) is 11.8 Å². The van der Waals surface area contributed by atoms with Gasteiger partial charge in [0.2, 0.25) is 11.8 Å². The fourth-order valence-corrected chi connectivity index (χ4v) is 3.54. The van der Waals surface area contributed by atoms with Crippen molar-refractivity contribution in [3.05, 3.63) is 88.4 Å². The number of rotatable bonds is 11. The van der Waals surface area contributed by atoms with Gasteiger partial charge in [-0.15, -0.1) is 0 Å². The Labute approximate surface area is 233 Å². The van der Waals surface area contributed by atoms with Crippen molar-refractivity contribution < 1.29 is 32.3 Å². The van der Waals surface area contributed by atoms with Crippen molar-refractivity contribution in [3.63, 3.8) is 0 Å². The lowest BCUT2D eigenvalue weighted by Crippen LogP contribution is -2.20. The first-order valence-corrected chi connectivity index (χ1v) is 12.5. The van der Waals surface area contributed by atoms with Gasteiger partial charge in [-0.05, 0) is 79.1 Å². The van der Waals surface area contributed by atoms with Gasteiger partial charge in [0.25, 0.3) is 5.91 Å². The molecule has 0 fully saturated rings. The molecule has 0 radical (unpaired) electrons. The Morgan fingerprint density at radius 1 is 0.925 bits per heavy atom. The normalized spacial score (nSPS) is 11.2. The Hall–Kier alpha value is -4.38. The summed E-state index contributed by atoms with van der Waals surface area (Å²) in [4.78, 5) is 36.1. The van der Waals surface area contributed by atoms with Crippen LogP contribution in [-0.4, -0.2) is 30.5 Å². The highest BCUT2D eigenvalue weighted by Gasteiger charge is 2.30. The van der Waals surface area contributed by atoms with Crippen LogP contribution in [0.1, 0.15) is 36.0 Å². The average Bonchev–Trinajstić information content (AvgIpc) is 2.90. The number of nitrogens with zero attached hydrogens (tertiary/aromatic N) is 1. The van der Waals surface area contributed by atoms with Crippen molar-refractivity contribution in [2.24, 2.45) is 5.10 Å². The molecular formula is C28H26ClF3N4O4. The van der Waals surface area contributed by atoms with Crippen LogP contribution in [0, 0.1) is 6.92 Å². The average molecular weight is 575 g/mol. The number of hydrogen-bond donors (Lipinski definition) is 3. The van der Waals surface area contributed by atoms with Crippen LogP contribution in [0.25, 0.3) is 0 Å². The van der Waals surface area contributed by atoms with Crippen LogP contribution in [-0.2, 0) is 20.6 Å². The highest BCUT2D eigenvalue weighted by atomic mass is 35.5. The van der Waals surface area contributed by atoms with Gasteiger partial charge in [-0.2, -0.15) is 18.3 Å². The molecule has 3 aromatic carbocycles. The number of benzene rings is 3. The topological polar surface area (TPSA) is 109 Å². The third kappa shape index (κ3) is 9.73. The van der Waals surface area contributed by atoms with Gasteiger partial charge in [-0.25, -0.2) is 5.43 Å². The number of hydrazone groups is 1. The lowest BCUT2D eigenvalue weighted by molar-refractivity contribution is -0.137. The molecule has 40 heavy (non-hydrogen) atoms. The molecule has 3 N–H and O–H groups in total. The van der Waals surface area contributed by atoms with Crippen LogP contribution < -0.4 is 20.8 Å². The third-order valence-electron chi connectivity index (χ3n) is 5.48. The van der Waals surface area contributed by atoms with Crippen LogP contribution in [0.5, 0.6) is 5.75 Å². The van der Waals surface area contributed by atoms with Gasteiger partial charge in [-0.3, -0.25) is 14.4 Å². The van der Waals surface area contributed by atoms with Gasteiger partial charge in [0, 0.05) is 29.2 Å². The second-order valence-electron chi connectivity index (χ2n) is 8.59. The summed E-state index contributed by atoms with van der Waals surface area (Å²) in [6, 6.07) is 15.9. The van der Waals surface area contributed by atoms with E-state index < -0.39 is 24.3 Å². The van der Waals surface area contributed by atoms with Gasteiger partial charge in [-0.1, -0.05) is 23.7 Å². The number of ether oxygens (including phenoxy) is 1. The summed E-state index contributed by atoms with van der Waals surface area (Å²) in [5.41, 5.74) is 3.56. The maximum Gasteiger partial charge on any atom is 0.416 e. The SMILES string of the molecule is Cc1c(Cl)cccc1NC(=O)CCCC(=O)N/N=C\c1ccc(OCC(=O)Nc2cccc(C(F)(F)F)c2)cc1. The third-order valence-corrected chi connectivity index (χ3v) is 5.89. The van der Waals surface area contributed by atoms with Crippen LogP contribution in [0.4, 0.5) is 24.5 Å². The fourth-order valence-electron chi connectivity index (χ4n) is 3.37. The van der Waals surface area contributed by atoms with Crippen molar-refractivity contribution >= 4 is 46.9 Å². The smallest absolute Gasteiger partial charge is 0.416 e. The lowest BCUT2D eigenvalue weighted by atomic mass is 10.2. The zero-order valence-corrected chi connectivity index (χ0v) is 22.1. The number of amides is 3. The van der Waals surface area contributed by atoms with E-state index in [-0.39, 0.29) is 30.3 Å². The monoisotopic (exact) mass is 574 g/mol. The minimum absolute atomic E-state index is 0.00734. The van der Waals surface area contributed by atoms with Crippen molar-refractivity contribution in [1.82, 2.24) is 5.43 Å². The van der Waals surface area contributed by atoms with Gasteiger partial charge >= 0.3 is 6.18 Å². The second kappa shape index (κ2) is 14.1. The minimum atomic E-state index is -4.51. The Bertz CT molecular complexity index is 1380. The van der Waals surface area contributed by atoms with Gasteiger partial charge < -0.3 is 15.4 Å². The number of hydrogen-bond acceptors (Lipinski definition) is 5. The van der Waals surface area contributed by atoms with Gasteiger partial charge in [0.1, 0.15) is 5.75 Å². The molecular weight excluding hydrogens is 549 g/mol. The molecule has 0 unspecified atom stereocenters. The molecule has 3 aromatic rings. The minimum Gasteiger partial charge on any atom is -0.484 e. The quantitative estimate of drug-likeness (QED) is 0.194. The number of anilines is 2. The summed E-state index contributed by atoms with van der Waals surface area (Å²) < 4.78 is 43.8. The standard InChI is InChI=1S/C28H26ClF3N4O4/c1-18-23(29)7-3-8-24(18)35-25(37)9-4-10-26(38)36-33-16-19-11-13-22(14-12-19)40-17-27(39)34-21-6-2-5-20(15-21)28(30,31)32/h2-3,5-8,11-16H,4,9-10,17H2,1H3,(H,34,39)(H,35,37)(H,36,38)/b33-16-. The number of halogens is 4. The van der Waals surface area contributed by atoms with Crippen LogP contribution >= 0.6 is 11.6 Å². The molecule has 0 aliphatic heterocycles. The van der Waals surface area contributed by atoms with E-state index in [1.54, 1.807) is 49.4 Å². The van der Waals surface area contributed by atoms with E-state index in [4.69, 9.17) is 16.3 Å². The highest BCUT2D eigenvalue weighted by Crippen LogP contribution is 2.30. The van der Waals surface area contributed by atoms with Crippen LogP contribution in [0.3, 0.4) is 0 Å². The first-order valence-electron chi connectivity index (χ1n) is 12.1. The summed E-state index contributed by atoms with van der Waals surface area (Å²) in [7, 11) is 0. The molecule has 0 aromatic heterocycles. The van der Waals surface area contributed by atoms with Crippen molar-refractivity contribution in [2.75, 3.05) is 17.2 Å². The molecule has 3 rings (SSSR count). The molecule has 12 heteroatoms. The van der Waals surface area contributed by atoms with Crippen molar-refractivity contribution in [1.29, 1.82) is 0 Å². The Morgan fingerprint density at radius 3 is 2.35 bits per heavy atom.